The average Bonchev–Trinajstić information content (AvgIpc) is 2.61. The highest BCUT2D eigenvalue weighted by Gasteiger charge is 2.19. The van der Waals surface area contributed by atoms with Gasteiger partial charge in [-0.15, -0.1) is 11.8 Å². The fourth-order valence-electron chi connectivity index (χ4n) is 1.40. The highest BCUT2D eigenvalue weighted by molar-refractivity contribution is 7.99. The van der Waals surface area contributed by atoms with Crippen LogP contribution in [0.15, 0.2) is 4.90 Å². The molecule has 82 valence electrons. The highest BCUT2D eigenvalue weighted by Crippen LogP contribution is 2.35. The predicted octanol–water partition coefficient (Wildman–Crippen LogP) is 1.57. The number of aromatic nitrogens is 2. The molecule has 0 fully saturated rings. The zero-order valence-electron chi connectivity index (χ0n) is 8.33. The number of halogens is 1. The molecule has 2 N–H and O–H groups in total. The number of nitrogens with one attached hydrogen (secondary N) is 1. The molecule has 2 heterocycles. The van der Waals surface area contributed by atoms with Crippen LogP contribution in [0.4, 0.5) is 5.82 Å². The van der Waals surface area contributed by atoms with Crippen molar-refractivity contribution in [2.24, 2.45) is 0 Å². The monoisotopic (exact) mass is 245 g/mol. The third-order valence-electron chi connectivity index (χ3n) is 2.06. The molecule has 1 unspecified atom stereocenters. The van der Waals surface area contributed by atoms with Crippen LogP contribution in [0.25, 0.3) is 0 Å². The summed E-state index contributed by atoms with van der Waals surface area (Å²) in [5, 5.41) is 12.5. The Hall–Kier alpha value is -0.520. The lowest BCUT2D eigenvalue weighted by Gasteiger charge is -2.10. The first-order valence-electron chi connectivity index (χ1n) is 4.78. The average molecular weight is 246 g/mol. The summed E-state index contributed by atoms with van der Waals surface area (Å²) >= 11 is 7.54. The summed E-state index contributed by atoms with van der Waals surface area (Å²) in [6.45, 7) is 2.20. The van der Waals surface area contributed by atoms with Crippen molar-refractivity contribution in [1.82, 2.24) is 9.97 Å². The van der Waals surface area contributed by atoms with E-state index < -0.39 is 6.10 Å². The third-order valence-corrected chi connectivity index (χ3v) is 3.35. The van der Waals surface area contributed by atoms with Crippen LogP contribution in [0.2, 0.25) is 5.28 Å². The van der Waals surface area contributed by atoms with Crippen LogP contribution in [0.3, 0.4) is 0 Å². The second-order valence-corrected chi connectivity index (χ2v) is 4.89. The van der Waals surface area contributed by atoms with Gasteiger partial charge in [0.15, 0.2) is 0 Å². The van der Waals surface area contributed by atoms with Crippen LogP contribution in [-0.4, -0.2) is 33.5 Å². The summed E-state index contributed by atoms with van der Waals surface area (Å²) < 4.78 is 0. The molecule has 1 aromatic rings. The normalized spacial score (nSPS) is 16.2. The number of aryl methyl sites for hydroxylation is 1. The molecule has 0 aromatic carbocycles. The fourth-order valence-corrected chi connectivity index (χ4v) is 2.66. The lowest BCUT2D eigenvalue weighted by Crippen LogP contribution is -2.17. The van der Waals surface area contributed by atoms with Crippen LogP contribution < -0.4 is 5.32 Å². The summed E-state index contributed by atoms with van der Waals surface area (Å²) in [5.41, 5.74) is 1.01. The van der Waals surface area contributed by atoms with E-state index >= 15 is 0 Å². The molecule has 0 saturated heterocycles. The lowest BCUT2D eigenvalue weighted by molar-refractivity contribution is 0.208. The van der Waals surface area contributed by atoms with E-state index in [2.05, 4.69) is 15.3 Å². The van der Waals surface area contributed by atoms with E-state index in [-0.39, 0.29) is 5.28 Å². The minimum absolute atomic E-state index is 0.268. The summed E-state index contributed by atoms with van der Waals surface area (Å²) in [5.74, 6) is 1.77. The largest absolute Gasteiger partial charge is 0.392 e. The van der Waals surface area contributed by atoms with Gasteiger partial charge in [-0.25, -0.2) is 4.98 Å². The van der Waals surface area contributed by atoms with Crippen LogP contribution >= 0.6 is 23.4 Å². The first-order chi connectivity index (χ1) is 7.16. The number of nitrogens with zero attached hydrogens (tertiary/aromatic N) is 2. The number of aliphatic hydroxyl groups is 1. The first kappa shape index (κ1) is 11.0. The molecular formula is C9H12ClN3OS. The number of rotatable bonds is 3. The smallest absolute Gasteiger partial charge is 0.224 e. The van der Waals surface area contributed by atoms with Crippen molar-refractivity contribution in [2.45, 2.75) is 24.3 Å². The zero-order valence-corrected chi connectivity index (χ0v) is 9.90. The second kappa shape index (κ2) is 4.55. The summed E-state index contributed by atoms with van der Waals surface area (Å²) in [6, 6.07) is 0. The van der Waals surface area contributed by atoms with Gasteiger partial charge in [0, 0.05) is 18.7 Å². The molecule has 1 aliphatic rings. The van der Waals surface area contributed by atoms with Gasteiger partial charge in [-0.05, 0) is 18.5 Å². The number of anilines is 1. The van der Waals surface area contributed by atoms with Gasteiger partial charge in [-0.3, -0.25) is 0 Å². The molecule has 1 aliphatic heterocycles. The van der Waals surface area contributed by atoms with Crippen molar-refractivity contribution in [3.63, 3.8) is 0 Å². The maximum absolute atomic E-state index is 9.19. The summed E-state index contributed by atoms with van der Waals surface area (Å²) in [4.78, 5) is 9.37. The number of thioether (sulfide) groups is 1. The first-order valence-corrected chi connectivity index (χ1v) is 6.14. The van der Waals surface area contributed by atoms with E-state index in [1.165, 1.54) is 0 Å². The molecule has 15 heavy (non-hydrogen) atoms. The molecule has 0 aliphatic carbocycles. The quantitative estimate of drug-likeness (QED) is 0.792. The molecule has 0 amide bonds. The number of hydrogen-bond acceptors (Lipinski definition) is 5. The molecule has 0 saturated carbocycles. The number of fused-ring (bicyclic) bond motifs is 1. The van der Waals surface area contributed by atoms with Crippen molar-refractivity contribution in [1.29, 1.82) is 0 Å². The Bertz CT molecular complexity index is 373. The van der Waals surface area contributed by atoms with E-state index in [4.69, 9.17) is 11.6 Å². The van der Waals surface area contributed by atoms with Gasteiger partial charge in [-0.1, -0.05) is 0 Å². The van der Waals surface area contributed by atoms with E-state index in [9.17, 15) is 5.11 Å². The predicted molar refractivity (Wildman–Crippen MR) is 61.6 cm³/mol. The van der Waals surface area contributed by atoms with Gasteiger partial charge in [0.25, 0.3) is 0 Å². The maximum atomic E-state index is 9.19. The standard InChI is InChI=1S/C9H12ClN3OS/c1-5(14)4-11-8-7-6(2-3-15-7)12-9(10)13-8/h5,14H,2-4H2,1H3,(H,11,12,13). The summed E-state index contributed by atoms with van der Waals surface area (Å²) in [6.07, 6.45) is 0.534. The topological polar surface area (TPSA) is 58.0 Å². The molecule has 0 bridgehead atoms. The molecule has 4 nitrogen and oxygen atoms in total. The van der Waals surface area contributed by atoms with Crippen LogP contribution in [0.5, 0.6) is 0 Å². The van der Waals surface area contributed by atoms with Crippen molar-refractivity contribution >= 4 is 29.2 Å². The minimum Gasteiger partial charge on any atom is -0.392 e. The molecule has 6 heteroatoms. The van der Waals surface area contributed by atoms with Crippen molar-refractivity contribution in [2.75, 3.05) is 17.6 Å². The maximum Gasteiger partial charge on any atom is 0.224 e. The van der Waals surface area contributed by atoms with Crippen molar-refractivity contribution < 1.29 is 5.11 Å². The van der Waals surface area contributed by atoms with Crippen LogP contribution in [0, 0.1) is 0 Å². The van der Waals surface area contributed by atoms with E-state index in [1.807, 2.05) is 0 Å². The Labute approximate surface area is 97.5 Å². The van der Waals surface area contributed by atoms with Crippen molar-refractivity contribution in [3.8, 4) is 0 Å². The van der Waals surface area contributed by atoms with Gasteiger partial charge >= 0.3 is 0 Å². The Morgan fingerprint density at radius 1 is 1.60 bits per heavy atom. The van der Waals surface area contributed by atoms with Gasteiger partial charge < -0.3 is 10.4 Å². The third kappa shape index (κ3) is 2.53. The lowest BCUT2D eigenvalue weighted by atomic mass is 10.3. The molecular weight excluding hydrogens is 234 g/mol. The molecule has 2 rings (SSSR count). The Morgan fingerprint density at radius 3 is 3.13 bits per heavy atom. The van der Waals surface area contributed by atoms with Gasteiger partial charge in [-0.2, -0.15) is 4.98 Å². The molecule has 0 radical (unpaired) electrons. The Balaban J connectivity index is 2.22. The molecule has 0 spiro atoms. The number of aliphatic hydroxyl groups excluding tert-OH is 1. The van der Waals surface area contributed by atoms with E-state index in [0.717, 1.165) is 28.6 Å². The fraction of sp³-hybridized carbons (Fsp3) is 0.556. The SMILES string of the molecule is CC(O)CNc1nc(Cl)nc2c1SCC2. The van der Waals surface area contributed by atoms with E-state index in [1.54, 1.807) is 18.7 Å². The van der Waals surface area contributed by atoms with Crippen LogP contribution in [-0.2, 0) is 6.42 Å². The summed E-state index contributed by atoms with van der Waals surface area (Å²) in [7, 11) is 0. The zero-order chi connectivity index (χ0) is 10.8. The van der Waals surface area contributed by atoms with Gasteiger partial charge in [0.05, 0.1) is 16.7 Å². The van der Waals surface area contributed by atoms with E-state index in [0.29, 0.717) is 6.54 Å². The molecule has 1 atom stereocenters. The highest BCUT2D eigenvalue weighted by atomic mass is 35.5. The van der Waals surface area contributed by atoms with Gasteiger partial charge in [0.2, 0.25) is 5.28 Å². The molecule has 1 aromatic heterocycles. The second-order valence-electron chi connectivity index (χ2n) is 3.45. The minimum atomic E-state index is -0.402. The van der Waals surface area contributed by atoms with Gasteiger partial charge in [0.1, 0.15) is 5.82 Å². The Morgan fingerprint density at radius 2 is 2.40 bits per heavy atom. The van der Waals surface area contributed by atoms with Crippen LogP contribution in [0.1, 0.15) is 12.6 Å². The number of hydrogen-bond donors (Lipinski definition) is 2. The Kier molecular flexibility index (Phi) is 3.33. The van der Waals surface area contributed by atoms with Crippen molar-refractivity contribution in [3.05, 3.63) is 11.0 Å².